The second-order valence-corrected chi connectivity index (χ2v) is 6.82. The molecule has 0 aliphatic rings. The molecule has 1 aromatic carbocycles. The molecule has 134 valence electrons. The number of thiophene rings is 1. The van der Waals surface area contributed by atoms with Crippen LogP contribution in [0.15, 0.2) is 57.7 Å². The first kappa shape index (κ1) is 16.9. The third kappa shape index (κ3) is 3.42. The Balaban J connectivity index is 1.57. The number of nitrogens with one attached hydrogen (secondary N) is 3. The van der Waals surface area contributed by atoms with Gasteiger partial charge in [-0.2, -0.15) is 10.1 Å². The van der Waals surface area contributed by atoms with Crippen LogP contribution in [0.3, 0.4) is 0 Å². The predicted octanol–water partition coefficient (Wildman–Crippen LogP) is 3.05. The molecular formula is C19H15N5O2S. The van der Waals surface area contributed by atoms with Crippen LogP contribution in [0.5, 0.6) is 0 Å². The van der Waals surface area contributed by atoms with Crippen LogP contribution in [0.1, 0.15) is 21.7 Å². The lowest BCUT2D eigenvalue weighted by molar-refractivity contribution is 0.0949. The second-order valence-electron chi connectivity index (χ2n) is 5.87. The zero-order valence-corrected chi connectivity index (χ0v) is 15.1. The topological polar surface area (TPSA) is 103 Å². The van der Waals surface area contributed by atoms with Crippen molar-refractivity contribution in [3.63, 3.8) is 0 Å². The largest absolute Gasteiger partial charge is 0.358 e. The number of carbonyl (C=O) groups excluding carboxylic acids is 1. The molecule has 0 aliphatic carbocycles. The smallest absolute Gasteiger partial charge is 0.346 e. The Kier molecular flexibility index (Phi) is 4.39. The molecule has 4 aromatic rings. The summed E-state index contributed by atoms with van der Waals surface area (Å²) < 4.78 is 0. The SMILES string of the molecule is Cc1[nH]c2ccccc2c1/C=N/NC(=O)c1cc(-c2cccs2)[nH]c(=O)n1. The van der Waals surface area contributed by atoms with Crippen LogP contribution >= 0.6 is 11.3 Å². The van der Waals surface area contributed by atoms with Gasteiger partial charge in [-0.05, 0) is 30.5 Å². The quantitative estimate of drug-likeness (QED) is 0.376. The number of aryl methyl sites for hydroxylation is 1. The molecule has 8 heteroatoms. The van der Waals surface area contributed by atoms with Gasteiger partial charge in [-0.1, -0.05) is 24.3 Å². The van der Waals surface area contributed by atoms with Crippen molar-refractivity contribution in [1.29, 1.82) is 0 Å². The lowest BCUT2D eigenvalue weighted by atomic mass is 10.1. The van der Waals surface area contributed by atoms with Crippen LogP contribution < -0.4 is 11.1 Å². The van der Waals surface area contributed by atoms with Crippen LogP contribution in [0.25, 0.3) is 21.5 Å². The summed E-state index contributed by atoms with van der Waals surface area (Å²) in [7, 11) is 0. The molecule has 3 aromatic heterocycles. The average Bonchev–Trinajstić information content (AvgIpc) is 3.29. The highest BCUT2D eigenvalue weighted by Gasteiger charge is 2.11. The van der Waals surface area contributed by atoms with Gasteiger partial charge in [0.2, 0.25) is 0 Å². The summed E-state index contributed by atoms with van der Waals surface area (Å²) in [4.78, 5) is 34.6. The van der Waals surface area contributed by atoms with Gasteiger partial charge in [-0.3, -0.25) is 4.79 Å². The summed E-state index contributed by atoms with van der Waals surface area (Å²) in [5.41, 5.74) is 5.25. The lowest BCUT2D eigenvalue weighted by Gasteiger charge is -2.02. The fraction of sp³-hybridized carbons (Fsp3) is 0.0526. The van der Waals surface area contributed by atoms with Gasteiger partial charge in [0.15, 0.2) is 0 Å². The molecule has 0 spiro atoms. The summed E-state index contributed by atoms with van der Waals surface area (Å²) in [6.07, 6.45) is 1.58. The number of hydrogen-bond donors (Lipinski definition) is 3. The standard InChI is InChI=1S/C19H15N5O2S/c1-11-13(12-5-2-3-6-14(12)21-11)10-20-24-18(25)16-9-15(22-19(26)23-16)17-7-4-8-27-17/h2-10,21H,1H3,(H,24,25)(H,22,23,26)/b20-10+. The molecule has 0 aliphatic heterocycles. The number of aromatic amines is 2. The number of benzene rings is 1. The van der Waals surface area contributed by atoms with Crippen molar-refractivity contribution in [2.24, 2.45) is 5.10 Å². The third-order valence-corrected chi connectivity index (χ3v) is 4.97. The van der Waals surface area contributed by atoms with E-state index in [9.17, 15) is 9.59 Å². The van der Waals surface area contributed by atoms with Gasteiger partial charge in [-0.25, -0.2) is 10.2 Å². The maximum absolute atomic E-state index is 12.4. The van der Waals surface area contributed by atoms with Crippen molar-refractivity contribution in [2.45, 2.75) is 6.92 Å². The second kappa shape index (κ2) is 7.00. The number of nitrogens with zero attached hydrogens (tertiary/aromatic N) is 2. The zero-order valence-electron chi connectivity index (χ0n) is 14.3. The number of H-pyrrole nitrogens is 2. The molecular weight excluding hydrogens is 362 g/mol. The van der Waals surface area contributed by atoms with Crippen molar-refractivity contribution in [2.75, 3.05) is 0 Å². The normalized spacial score (nSPS) is 11.3. The molecule has 0 bridgehead atoms. The number of rotatable bonds is 4. The molecule has 0 fully saturated rings. The lowest BCUT2D eigenvalue weighted by Crippen LogP contribution is -2.24. The van der Waals surface area contributed by atoms with Crippen LogP contribution in [0, 0.1) is 6.92 Å². The Bertz CT molecular complexity index is 1200. The van der Waals surface area contributed by atoms with E-state index in [-0.39, 0.29) is 5.69 Å². The molecule has 7 nitrogen and oxygen atoms in total. The number of hydrazone groups is 1. The molecule has 4 rings (SSSR count). The van der Waals surface area contributed by atoms with Crippen LogP contribution in [-0.4, -0.2) is 27.1 Å². The fourth-order valence-electron chi connectivity index (χ4n) is 2.82. The highest BCUT2D eigenvalue weighted by atomic mass is 32.1. The Morgan fingerprint density at radius 3 is 2.89 bits per heavy atom. The van der Waals surface area contributed by atoms with Crippen molar-refractivity contribution >= 4 is 34.4 Å². The number of aromatic nitrogens is 3. The maximum atomic E-state index is 12.4. The van der Waals surface area contributed by atoms with E-state index in [0.717, 1.165) is 27.0 Å². The van der Waals surface area contributed by atoms with E-state index < -0.39 is 11.6 Å². The van der Waals surface area contributed by atoms with Gasteiger partial charge in [0.1, 0.15) is 5.69 Å². The molecule has 0 radical (unpaired) electrons. The minimum absolute atomic E-state index is 0.00921. The number of para-hydroxylation sites is 1. The summed E-state index contributed by atoms with van der Waals surface area (Å²) in [5.74, 6) is -0.548. The highest BCUT2D eigenvalue weighted by molar-refractivity contribution is 7.13. The van der Waals surface area contributed by atoms with Crippen LogP contribution in [0.2, 0.25) is 0 Å². The Hall–Kier alpha value is -3.52. The Labute approximate surface area is 157 Å². The molecule has 1 amide bonds. The first-order valence-corrected chi connectivity index (χ1v) is 9.06. The highest BCUT2D eigenvalue weighted by Crippen LogP contribution is 2.22. The minimum atomic E-state index is -0.581. The molecule has 3 N–H and O–H groups in total. The van der Waals surface area contributed by atoms with Gasteiger partial charge < -0.3 is 9.97 Å². The van der Waals surface area contributed by atoms with E-state index in [1.165, 1.54) is 17.4 Å². The molecule has 3 heterocycles. The first-order valence-electron chi connectivity index (χ1n) is 8.18. The van der Waals surface area contributed by atoms with Gasteiger partial charge in [-0.15, -0.1) is 11.3 Å². The van der Waals surface area contributed by atoms with E-state index in [1.807, 2.05) is 48.7 Å². The van der Waals surface area contributed by atoms with Crippen molar-refractivity contribution in [1.82, 2.24) is 20.4 Å². The molecule has 0 saturated carbocycles. The Morgan fingerprint density at radius 1 is 1.22 bits per heavy atom. The number of amides is 1. The fourth-order valence-corrected chi connectivity index (χ4v) is 3.51. The summed E-state index contributed by atoms with van der Waals surface area (Å²) in [6.45, 7) is 1.94. The Morgan fingerprint density at radius 2 is 2.07 bits per heavy atom. The number of carbonyl (C=O) groups is 1. The average molecular weight is 377 g/mol. The van der Waals surface area contributed by atoms with Gasteiger partial charge in [0, 0.05) is 22.2 Å². The van der Waals surface area contributed by atoms with Crippen molar-refractivity contribution < 1.29 is 4.79 Å². The van der Waals surface area contributed by atoms with Gasteiger partial charge in [0.05, 0.1) is 16.8 Å². The van der Waals surface area contributed by atoms with Crippen molar-refractivity contribution in [3.05, 3.63) is 75.3 Å². The first-order chi connectivity index (χ1) is 13.1. The van der Waals surface area contributed by atoms with E-state index in [4.69, 9.17) is 0 Å². The molecule has 27 heavy (non-hydrogen) atoms. The maximum Gasteiger partial charge on any atom is 0.346 e. The number of fused-ring (bicyclic) bond motifs is 1. The van der Waals surface area contributed by atoms with Gasteiger partial charge >= 0.3 is 5.69 Å². The summed E-state index contributed by atoms with van der Waals surface area (Å²) in [5, 5.41) is 6.94. The molecule has 0 saturated heterocycles. The monoisotopic (exact) mass is 377 g/mol. The van der Waals surface area contributed by atoms with E-state index in [0.29, 0.717) is 5.69 Å². The summed E-state index contributed by atoms with van der Waals surface area (Å²) in [6, 6.07) is 13.1. The van der Waals surface area contributed by atoms with Crippen LogP contribution in [-0.2, 0) is 0 Å². The third-order valence-electron chi connectivity index (χ3n) is 4.07. The van der Waals surface area contributed by atoms with E-state index >= 15 is 0 Å². The van der Waals surface area contributed by atoms with Gasteiger partial charge in [0.25, 0.3) is 5.91 Å². The van der Waals surface area contributed by atoms with Crippen molar-refractivity contribution in [3.8, 4) is 10.6 Å². The molecule has 0 atom stereocenters. The predicted molar refractivity (Wildman–Crippen MR) is 106 cm³/mol. The van der Waals surface area contributed by atoms with E-state index in [2.05, 4.69) is 25.5 Å². The van der Waals surface area contributed by atoms with E-state index in [1.54, 1.807) is 6.21 Å². The minimum Gasteiger partial charge on any atom is -0.358 e. The van der Waals surface area contributed by atoms with Crippen LogP contribution in [0.4, 0.5) is 0 Å². The zero-order chi connectivity index (χ0) is 18.8. The number of hydrogen-bond acceptors (Lipinski definition) is 5. The summed E-state index contributed by atoms with van der Waals surface area (Å²) >= 11 is 1.46. The molecule has 0 unspecified atom stereocenters.